The first-order valence-electron chi connectivity index (χ1n) is 7.58. The lowest BCUT2D eigenvalue weighted by Crippen LogP contribution is -2.58. The molecule has 20 heavy (non-hydrogen) atoms. The molecule has 0 radical (unpaired) electrons. The average Bonchev–Trinajstić information content (AvgIpc) is 3.23. The van der Waals surface area contributed by atoms with Crippen molar-refractivity contribution in [3.8, 4) is 0 Å². The van der Waals surface area contributed by atoms with E-state index in [0.29, 0.717) is 5.92 Å². The fraction of sp³-hybridized carbons (Fsp3) is 0.625. The second-order valence-corrected chi connectivity index (χ2v) is 6.06. The summed E-state index contributed by atoms with van der Waals surface area (Å²) < 4.78 is 13.5. The summed E-state index contributed by atoms with van der Waals surface area (Å²) in [6, 6.07) is 5.05. The number of nitrogens with one attached hydrogen (secondary N) is 1. The lowest BCUT2D eigenvalue weighted by molar-refractivity contribution is 0.146. The average molecular weight is 278 g/mol. The molecule has 2 N–H and O–H groups in total. The number of hydrogen-bond donors (Lipinski definition) is 2. The van der Waals surface area contributed by atoms with E-state index >= 15 is 0 Å². The molecule has 3 rings (SSSR count). The van der Waals surface area contributed by atoms with Crippen LogP contribution in [0.5, 0.6) is 0 Å². The zero-order chi connectivity index (χ0) is 14.2. The van der Waals surface area contributed by atoms with E-state index < -0.39 is 0 Å². The molecule has 1 aromatic carbocycles. The van der Waals surface area contributed by atoms with Crippen molar-refractivity contribution >= 4 is 5.69 Å². The molecule has 2 aliphatic rings. The fourth-order valence-electron chi connectivity index (χ4n) is 3.48. The van der Waals surface area contributed by atoms with Crippen molar-refractivity contribution in [2.75, 3.05) is 31.1 Å². The smallest absolute Gasteiger partial charge is 0.125 e. The Kier molecular flexibility index (Phi) is 3.69. The third kappa shape index (κ3) is 2.42. The highest BCUT2D eigenvalue weighted by atomic mass is 19.1. The van der Waals surface area contributed by atoms with E-state index in [4.69, 9.17) is 0 Å². The van der Waals surface area contributed by atoms with Crippen molar-refractivity contribution in [1.29, 1.82) is 0 Å². The quantitative estimate of drug-likeness (QED) is 0.835. The predicted molar refractivity (Wildman–Crippen MR) is 78.5 cm³/mol. The van der Waals surface area contributed by atoms with Crippen LogP contribution in [0.3, 0.4) is 0 Å². The Morgan fingerprint density at radius 3 is 2.90 bits per heavy atom. The van der Waals surface area contributed by atoms with E-state index in [0.717, 1.165) is 31.7 Å². The second kappa shape index (κ2) is 5.34. The van der Waals surface area contributed by atoms with Gasteiger partial charge in [0.25, 0.3) is 0 Å². The molecule has 1 aliphatic carbocycles. The molecule has 1 atom stereocenters. The second-order valence-electron chi connectivity index (χ2n) is 6.06. The highest BCUT2D eigenvalue weighted by molar-refractivity contribution is 5.58. The Bertz CT molecular complexity index is 489. The molecular weight excluding hydrogens is 255 g/mol. The van der Waals surface area contributed by atoms with Gasteiger partial charge in [0.15, 0.2) is 0 Å². The van der Waals surface area contributed by atoms with Gasteiger partial charge in [0.05, 0.1) is 12.1 Å². The number of aliphatic hydroxyl groups excluding tert-OH is 1. The number of likely N-dealkylation sites (N-methyl/N-ethyl adjacent to an activating group) is 1. The van der Waals surface area contributed by atoms with E-state index in [9.17, 15) is 9.50 Å². The van der Waals surface area contributed by atoms with E-state index in [2.05, 4.69) is 17.1 Å². The number of fused-ring (bicyclic) bond motifs is 1. The molecule has 4 heteroatoms. The maximum atomic E-state index is 13.5. The molecule has 1 aromatic rings. The van der Waals surface area contributed by atoms with Crippen LogP contribution in [-0.2, 0) is 6.42 Å². The minimum Gasteiger partial charge on any atom is -0.394 e. The molecule has 1 aliphatic heterocycles. The molecule has 1 heterocycles. The molecule has 0 amide bonds. The first-order valence-corrected chi connectivity index (χ1v) is 7.58. The van der Waals surface area contributed by atoms with E-state index in [-0.39, 0.29) is 18.0 Å². The van der Waals surface area contributed by atoms with Crippen molar-refractivity contribution < 1.29 is 9.50 Å². The number of hydrogen-bond acceptors (Lipinski definition) is 3. The molecular formula is C16H23FN2O. The van der Waals surface area contributed by atoms with Gasteiger partial charge in [-0.1, -0.05) is 13.0 Å². The van der Waals surface area contributed by atoms with Crippen molar-refractivity contribution in [3.05, 3.63) is 29.6 Å². The summed E-state index contributed by atoms with van der Waals surface area (Å²) in [7, 11) is 0. The Balaban J connectivity index is 1.82. The Labute approximate surface area is 119 Å². The van der Waals surface area contributed by atoms with Gasteiger partial charge >= 0.3 is 0 Å². The van der Waals surface area contributed by atoms with Crippen molar-refractivity contribution in [2.24, 2.45) is 5.92 Å². The maximum Gasteiger partial charge on any atom is 0.125 e. The van der Waals surface area contributed by atoms with E-state index in [1.807, 2.05) is 6.07 Å². The first kappa shape index (κ1) is 13.8. The normalized spacial score (nSPS) is 20.9. The van der Waals surface area contributed by atoms with Gasteiger partial charge in [-0.05, 0) is 49.4 Å². The minimum atomic E-state index is -0.233. The van der Waals surface area contributed by atoms with Crippen LogP contribution < -0.4 is 10.2 Å². The fourth-order valence-corrected chi connectivity index (χ4v) is 3.48. The van der Waals surface area contributed by atoms with Gasteiger partial charge in [-0.3, -0.25) is 0 Å². The molecule has 0 saturated heterocycles. The lowest BCUT2D eigenvalue weighted by atomic mass is 9.93. The third-order valence-corrected chi connectivity index (χ3v) is 4.68. The van der Waals surface area contributed by atoms with Crippen LogP contribution in [0.15, 0.2) is 18.2 Å². The van der Waals surface area contributed by atoms with Gasteiger partial charge in [-0.15, -0.1) is 0 Å². The lowest BCUT2D eigenvalue weighted by Gasteiger charge is -2.38. The molecule has 1 unspecified atom stereocenters. The summed E-state index contributed by atoms with van der Waals surface area (Å²) in [5, 5.41) is 13.4. The van der Waals surface area contributed by atoms with Crippen LogP contribution in [-0.4, -0.2) is 36.9 Å². The van der Waals surface area contributed by atoms with Crippen LogP contribution in [0.1, 0.15) is 25.3 Å². The van der Waals surface area contributed by atoms with Gasteiger partial charge in [0.2, 0.25) is 0 Å². The highest BCUT2D eigenvalue weighted by Crippen LogP contribution is 2.41. The molecule has 3 nitrogen and oxygen atoms in total. The summed E-state index contributed by atoms with van der Waals surface area (Å²) in [4.78, 5) is 2.23. The highest BCUT2D eigenvalue weighted by Gasteiger charge is 2.45. The topological polar surface area (TPSA) is 35.5 Å². The SMILES string of the molecule is CCNC(CO)(CN1CCc2ccc(F)cc21)C1CC1. The standard InChI is InChI=1S/C16H23FN2O/c1-2-18-16(11-20,13-4-5-13)10-19-8-7-12-3-6-14(17)9-15(12)19/h3,6,9,13,18,20H,2,4-5,7-8,10-11H2,1H3. The van der Waals surface area contributed by atoms with Crippen LogP contribution in [0.2, 0.25) is 0 Å². The van der Waals surface area contributed by atoms with Crippen molar-refractivity contribution in [3.63, 3.8) is 0 Å². The largest absolute Gasteiger partial charge is 0.394 e. The monoisotopic (exact) mass is 278 g/mol. The van der Waals surface area contributed by atoms with E-state index in [1.165, 1.54) is 24.5 Å². The number of halogens is 1. The Morgan fingerprint density at radius 1 is 1.45 bits per heavy atom. The summed E-state index contributed by atoms with van der Waals surface area (Å²) in [6.45, 7) is 4.75. The third-order valence-electron chi connectivity index (χ3n) is 4.68. The predicted octanol–water partition coefficient (Wildman–Crippen LogP) is 1.94. The molecule has 0 bridgehead atoms. The summed E-state index contributed by atoms with van der Waals surface area (Å²) in [6.07, 6.45) is 3.32. The molecule has 0 spiro atoms. The van der Waals surface area contributed by atoms with Gasteiger partial charge in [-0.25, -0.2) is 4.39 Å². The molecule has 1 fully saturated rings. The molecule has 1 saturated carbocycles. The number of rotatable bonds is 6. The number of nitrogens with zero attached hydrogens (tertiary/aromatic N) is 1. The maximum absolute atomic E-state index is 13.5. The first-order chi connectivity index (χ1) is 9.68. The van der Waals surface area contributed by atoms with Gasteiger partial charge < -0.3 is 15.3 Å². The Hall–Kier alpha value is -1.13. The summed E-state index contributed by atoms with van der Waals surface area (Å²) in [5.74, 6) is 0.366. The number of aliphatic hydroxyl groups is 1. The molecule has 110 valence electrons. The Morgan fingerprint density at radius 2 is 2.25 bits per heavy atom. The van der Waals surface area contributed by atoms with Crippen molar-refractivity contribution in [1.82, 2.24) is 5.32 Å². The number of benzene rings is 1. The van der Waals surface area contributed by atoms with Crippen LogP contribution in [0.4, 0.5) is 10.1 Å². The summed E-state index contributed by atoms with van der Waals surface area (Å²) in [5.41, 5.74) is 1.98. The van der Waals surface area contributed by atoms with Gasteiger partial charge in [-0.2, -0.15) is 0 Å². The minimum absolute atomic E-state index is 0.145. The van der Waals surface area contributed by atoms with Crippen LogP contribution >= 0.6 is 0 Å². The van der Waals surface area contributed by atoms with Gasteiger partial charge in [0, 0.05) is 18.8 Å². The number of anilines is 1. The zero-order valence-corrected chi connectivity index (χ0v) is 12.0. The zero-order valence-electron chi connectivity index (χ0n) is 12.0. The van der Waals surface area contributed by atoms with Gasteiger partial charge in [0.1, 0.15) is 5.82 Å². The van der Waals surface area contributed by atoms with E-state index in [1.54, 1.807) is 6.07 Å². The molecule has 0 aromatic heterocycles. The summed E-state index contributed by atoms with van der Waals surface area (Å²) >= 11 is 0. The van der Waals surface area contributed by atoms with Crippen LogP contribution in [0.25, 0.3) is 0 Å². The van der Waals surface area contributed by atoms with Crippen LogP contribution in [0, 0.1) is 11.7 Å². The van der Waals surface area contributed by atoms with Crippen molar-refractivity contribution in [2.45, 2.75) is 31.7 Å².